The second-order valence-electron chi connectivity index (χ2n) is 5.25. The van der Waals surface area contributed by atoms with E-state index in [1.165, 1.54) is 7.11 Å². The Morgan fingerprint density at radius 1 is 1.32 bits per heavy atom. The molecule has 1 fully saturated rings. The van der Waals surface area contributed by atoms with Gasteiger partial charge in [-0.05, 0) is 17.7 Å². The predicted molar refractivity (Wildman–Crippen MR) is 78.4 cm³/mol. The maximum Gasteiger partial charge on any atom is 0.328 e. The first kappa shape index (κ1) is 16.3. The van der Waals surface area contributed by atoms with Crippen molar-refractivity contribution >= 4 is 11.9 Å². The Labute approximate surface area is 128 Å². The molecule has 0 unspecified atom stereocenters. The number of nitrogens with one attached hydrogen (secondary N) is 1. The van der Waals surface area contributed by atoms with E-state index in [0.717, 1.165) is 11.3 Å². The zero-order chi connectivity index (χ0) is 16.2. The number of carbonyl (C=O) groups is 2. The number of rotatable bonds is 6. The summed E-state index contributed by atoms with van der Waals surface area (Å²) >= 11 is 0. The first-order chi connectivity index (χ1) is 10.5. The van der Waals surface area contributed by atoms with Crippen molar-refractivity contribution < 1.29 is 23.8 Å². The van der Waals surface area contributed by atoms with Crippen molar-refractivity contribution in [3.63, 3.8) is 0 Å². The number of benzene rings is 1. The van der Waals surface area contributed by atoms with E-state index in [-0.39, 0.29) is 13.2 Å². The number of nitrogens with two attached hydrogens (primary N) is 1. The molecule has 1 aromatic rings. The van der Waals surface area contributed by atoms with E-state index in [4.69, 9.17) is 19.9 Å². The molecule has 1 aromatic carbocycles. The second-order valence-corrected chi connectivity index (χ2v) is 5.25. The van der Waals surface area contributed by atoms with E-state index in [1.807, 2.05) is 12.1 Å². The molecule has 7 heteroatoms. The highest BCUT2D eigenvalue weighted by molar-refractivity contribution is 5.91. The third kappa shape index (κ3) is 3.55. The third-order valence-electron chi connectivity index (χ3n) is 3.56. The lowest BCUT2D eigenvalue weighted by atomic mass is 9.96. The molecule has 0 saturated carbocycles. The highest BCUT2D eigenvalue weighted by atomic mass is 16.5. The van der Waals surface area contributed by atoms with Gasteiger partial charge in [0.05, 0.1) is 27.4 Å². The molecule has 1 aliphatic rings. The molecule has 120 valence electrons. The average Bonchev–Trinajstić information content (AvgIpc) is 2.51. The molecule has 2 rings (SSSR count). The van der Waals surface area contributed by atoms with E-state index in [0.29, 0.717) is 6.42 Å². The van der Waals surface area contributed by atoms with Gasteiger partial charge in [0.25, 0.3) is 0 Å². The Hall–Kier alpha value is -2.12. The third-order valence-corrected chi connectivity index (χ3v) is 3.56. The van der Waals surface area contributed by atoms with Gasteiger partial charge in [0.15, 0.2) is 0 Å². The minimum Gasteiger partial charge on any atom is -0.497 e. The Morgan fingerprint density at radius 3 is 2.41 bits per heavy atom. The molecule has 0 aromatic heterocycles. The van der Waals surface area contributed by atoms with Gasteiger partial charge in [0.1, 0.15) is 17.3 Å². The molecule has 0 radical (unpaired) electrons. The Balaban J connectivity index is 2.05. The van der Waals surface area contributed by atoms with Crippen LogP contribution in [0.15, 0.2) is 24.3 Å². The van der Waals surface area contributed by atoms with Crippen molar-refractivity contribution in [1.82, 2.24) is 5.32 Å². The molecule has 0 bridgehead atoms. The van der Waals surface area contributed by atoms with Crippen molar-refractivity contribution in [2.24, 2.45) is 5.73 Å². The average molecular weight is 308 g/mol. The smallest absolute Gasteiger partial charge is 0.328 e. The van der Waals surface area contributed by atoms with Gasteiger partial charge in [-0.2, -0.15) is 0 Å². The summed E-state index contributed by atoms with van der Waals surface area (Å²) in [4.78, 5) is 24.0. The number of amides is 1. The number of hydrogen-bond donors (Lipinski definition) is 2. The lowest BCUT2D eigenvalue weighted by molar-refractivity contribution is -0.151. The van der Waals surface area contributed by atoms with Crippen LogP contribution >= 0.6 is 0 Å². The van der Waals surface area contributed by atoms with E-state index < -0.39 is 23.5 Å². The van der Waals surface area contributed by atoms with Crippen LogP contribution in [0.4, 0.5) is 0 Å². The standard InChI is InChI=1S/C15H20N2O5/c1-20-11-5-3-10(4-6-11)7-12(13(18)21-2)17-14(19)15(16)8-22-9-15/h3-6,12H,7-9,16H2,1-2H3,(H,17,19)/t12-/m0/s1. The van der Waals surface area contributed by atoms with Crippen LogP contribution in [0.5, 0.6) is 5.75 Å². The van der Waals surface area contributed by atoms with E-state index >= 15 is 0 Å². The molecule has 1 aliphatic heterocycles. The minimum atomic E-state index is -1.06. The van der Waals surface area contributed by atoms with Crippen molar-refractivity contribution in [2.75, 3.05) is 27.4 Å². The molecule has 1 saturated heterocycles. The number of ether oxygens (including phenoxy) is 3. The van der Waals surface area contributed by atoms with Crippen LogP contribution in [-0.4, -0.2) is 50.9 Å². The first-order valence-corrected chi connectivity index (χ1v) is 6.87. The summed E-state index contributed by atoms with van der Waals surface area (Å²) in [6, 6.07) is 6.43. The van der Waals surface area contributed by atoms with Crippen molar-refractivity contribution in [1.29, 1.82) is 0 Å². The van der Waals surface area contributed by atoms with Crippen LogP contribution < -0.4 is 15.8 Å². The van der Waals surface area contributed by atoms with Gasteiger partial charge < -0.3 is 25.3 Å². The van der Waals surface area contributed by atoms with E-state index in [2.05, 4.69) is 5.32 Å². The van der Waals surface area contributed by atoms with Crippen LogP contribution in [0.2, 0.25) is 0 Å². The fraction of sp³-hybridized carbons (Fsp3) is 0.467. The van der Waals surface area contributed by atoms with Crippen molar-refractivity contribution in [3.05, 3.63) is 29.8 Å². The van der Waals surface area contributed by atoms with Crippen LogP contribution in [0, 0.1) is 0 Å². The lowest BCUT2D eigenvalue weighted by Crippen LogP contribution is -2.68. The monoisotopic (exact) mass is 308 g/mol. The highest BCUT2D eigenvalue weighted by Crippen LogP contribution is 2.16. The van der Waals surface area contributed by atoms with Gasteiger partial charge in [-0.1, -0.05) is 12.1 Å². The topological polar surface area (TPSA) is 99.9 Å². The zero-order valence-corrected chi connectivity index (χ0v) is 12.6. The molecular formula is C15H20N2O5. The van der Waals surface area contributed by atoms with E-state index in [9.17, 15) is 9.59 Å². The molecule has 1 amide bonds. The minimum absolute atomic E-state index is 0.148. The molecule has 0 aliphatic carbocycles. The quantitative estimate of drug-likeness (QED) is 0.695. The maximum atomic E-state index is 12.1. The summed E-state index contributed by atoms with van der Waals surface area (Å²) in [5.74, 6) is -0.217. The molecule has 22 heavy (non-hydrogen) atoms. The molecule has 0 spiro atoms. The summed E-state index contributed by atoms with van der Waals surface area (Å²) in [7, 11) is 2.86. The van der Waals surface area contributed by atoms with Gasteiger partial charge in [-0.25, -0.2) is 4.79 Å². The Kier molecular flexibility index (Phi) is 4.99. The summed E-state index contributed by atoms with van der Waals surface area (Å²) < 4.78 is 14.8. The number of hydrogen-bond acceptors (Lipinski definition) is 6. The van der Waals surface area contributed by atoms with Gasteiger partial charge >= 0.3 is 5.97 Å². The van der Waals surface area contributed by atoms with Crippen LogP contribution in [0.3, 0.4) is 0 Å². The number of methoxy groups -OCH3 is 2. The van der Waals surface area contributed by atoms with Gasteiger partial charge in [-0.15, -0.1) is 0 Å². The molecule has 3 N–H and O–H groups in total. The van der Waals surface area contributed by atoms with Crippen molar-refractivity contribution in [3.8, 4) is 5.75 Å². The number of carbonyl (C=O) groups excluding carboxylic acids is 2. The van der Waals surface area contributed by atoms with Crippen LogP contribution in [0.25, 0.3) is 0 Å². The Bertz CT molecular complexity index is 539. The summed E-state index contributed by atoms with van der Waals surface area (Å²) in [6.07, 6.45) is 0.305. The van der Waals surface area contributed by atoms with Gasteiger partial charge in [0, 0.05) is 6.42 Å². The summed E-state index contributed by atoms with van der Waals surface area (Å²) in [5, 5.41) is 2.64. The summed E-state index contributed by atoms with van der Waals surface area (Å²) in [6.45, 7) is 0.296. The largest absolute Gasteiger partial charge is 0.497 e. The van der Waals surface area contributed by atoms with Gasteiger partial charge in [0.2, 0.25) is 5.91 Å². The molecular weight excluding hydrogens is 288 g/mol. The predicted octanol–water partition coefficient (Wildman–Crippen LogP) is -0.377. The fourth-order valence-corrected chi connectivity index (χ4v) is 2.09. The maximum absolute atomic E-state index is 12.1. The van der Waals surface area contributed by atoms with Crippen LogP contribution in [0.1, 0.15) is 5.56 Å². The normalized spacial score (nSPS) is 17.0. The molecule has 7 nitrogen and oxygen atoms in total. The van der Waals surface area contributed by atoms with E-state index in [1.54, 1.807) is 19.2 Å². The fourth-order valence-electron chi connectivity index (χ4n) is 2.09. The Morgan fingerprint density at radius 2 is 1.95 bits per heavy atom. The van der Waals surface area contributed by atoms with Gasteiger partial charge in [-0.3, -0.25) is 4.79 Å². The van der Waals surface area contributed by atoms with Crippen molar-refractivity contribution in [2.45, 2.75) is 18.0 Å². The molecule has 1 heterocycles. The number of esters is 1. The second kappa shape index (κ2) is 6.76. The zero-order valence-electron chi connectivity index (χ0n) is 12.6. The summed E-state index contributed by atoms with van der Waals surface area (Å²) in [5.41, 5.74) is 5.67. The lowest BCUT2D eigenvalue weighted by Gasteiger charge is -2.36. The first-order valence-electron chi connectivity index (χ1n) is 6.87. The van der Waals surface area contributed by atoms with Crippen LogP contribution in [-0.2, 0) is 25.5 Å². The SMILES string of the molecule is COC(=O)[C@H](Cc1ccc(OC)cc1)NC(=O)C1(N)COC1. The molecule has 1 atom stereocenters. The highest BCUT2D eigenvalue weighted by Gasteiger charge is 2.43.